The van der Waals surface area contributed by atoms with Crippen molar-refractivity contribution in [2.75, 3.05) is 7.11 Å². The van der Waals surface area contributed by atoms with Gasteiger partial charge in [-0.05, 0) is 43.2 Å². The second-order valence-electron chi connectivity index (χ2n) is 4.93. The van der Waals surface area contributed by atoms with Crippen LogP contribution in [0.1, 0.15) is 30.0 Å². The Balaban J connectivity index is 2.64. The minimum absolute atomic E-state index is 0.360. The smallest absolute Gasteiger partial charge is 0.125 e. The maximum atomic E-state index is 13.5. The van der Waals surface area contributed by atoms with E-state index >= 15 is 0 Å². The van der Waals surface area contributed by atoms with E-state index in [2.05, 4.69) is 0 Å². The molecule has 0 radical (unpaired) electrons. The van der Waals surface area contributed by atoms with Crippen LogP contribution >= 0.6 is 0 Å². The van der Waals surface area contributed by atoms with Crippen molar-refractivity contribution < 1.29 is 14.2 Å². The summed E-state index contributed by atoms with van der Waals surface area (Å²) in [6.07, 6.45) is 0.427. The van der Waals surface area contributed by atoms with Gasteiger partial charge in [-0.25, -0.2) is 4.39 Å². The summed E-state index contributed by atoms with van der Waals surface area (Å²) in [5, 5.41) is 11.1. The van der Waals surface area contributed by atoms with Gasteiger partial charge in [-0.1, -0.05) is 30.7 Å². The van der Waals surface area contributed by atoms with Crippen LogP contribution in [-0.2, 0) is 5.60 Å². The van der Waals surface area contributed by atoms with Gasteiger partial charge in [0.1, 0.15) is 17.2 Å². The molecule has 1 unspecified atom stereocenters. The molecule has 106 valence electrons. The molecule has 0 aliphatic rings. The highest BCUT2D eigenvalue weighted by Crippen LogP contribution is 2.38. The third-order valence-corrected chi connectivity index (χ3v) is 3.61. The number of halogens is 1. The van der Waals surface area contributed by atoms with E-state index in [1.54, 1.807) is 19.2 Å². The first-order valence-corrected chi connectivity index (χ1v) is 6.65. The van der Waals surface area contributed by atoms with Crippen molar-refractivity contribution in [2.24, 2.45) is 0 Å². The highest BCUT2D eigenvalue weighted by atomic mass is 19.1. The zero-order valence-electron chi connectivity index (χ0n) is 12.0. The fourth-order valence-corrected chi connectivity index (χ4v) is 2.44. The summed E-state index contributed by atoms with van der Waals surface area (Å²) in [6.45, 7) is 3.82. The number of hydrogen-bond donors (Lipinski definition) is 1. The van der Waals surface area contributed by atoms with Crippen molar-refractivity contribution in [1.82, 2.24) is 0 Å². The van der Waals surface area contributed by atoms with Crippen molar-refractivity contribution >= 4 is 0 Å². The van der Waals surface area contributed by atoms with Gasteiger partial charge >= 0.3 is 0 Å². The number of aryl methyl sites for hydroxylation is 1. The monoisotopic (exact) mass is 274 g/mol. The van der Waals surface area contributed by atoms with Crippen LogP contribution in [0.15, 0.2) is 42.5 Å². The second-order valence-corrected chi connectivity index (χ2v) is 4.93. The highest BCUT2D eigenvalue weighted by molar-refractivity contribution is 5.46. The second kappa shape index (κ2) is 5.63. The van der Waals surface area contributed by atoms with Gasteiger partial charge in [0.25, 0.3) is 0 Å². The van der Waals surface area contributed by atoms with E-state index in [0.717, 1.165) is 5.56 Å². The molecule has 2 nitrogen and oxygen atoms in total. The van der Waals surface area contributed by atoms with E-state index in [0.29, 0.717) is 23.3 Å². The molecule has 3 heteroatoms. The largest absolute Gasteiger partial charge is 0.496 e. The average molecular weight is 274 g/mol. The highest BCUT2D eigenvalue weighted by Gasteiger charge is 2.32. The summed E-state index contributed by atoms with van der Waals surface area (Å²) in [7, 11) is 1.57. The number of rotatable bonds is 4. The SMILES string of the molecule is CCC(O)(c1cccc(F)c1)c1cc(C)ccc1OC. The fourth-order valence-electron chi connectivity index (χ4n) is 2.44. The van der Waals surface area contributed by atoms with Crippen LogP contribution < -0.4 is 4.74 Å². The molecular formula is C17H19FO2. The Kier molecular flexibility index (Phi) is 4.09. The topological polar surface area (TPSA) is 29.5 Å². The Morgan fingerprint density at radius 1 is 1.20 bits per heavy atom. The first-order valence-electron chi connectivity index (χ1n) is 6.65. The average Bonchev–Trinajstić information content (AvgIpc) is 2.46. The Morgan fingerprint density at radius 3 is 2.55 bits per heavy atom. The van der Waals surface area contributed by atoms with Crippen molar-refractivity contribution in [2.45, 2.75) is 25.9 Å². The minimum Gasteiger partial charge on any atom is -0.496 e. The Bertz CT molecular complexity index is 610. The summed E-state index contributed by atoms with van der Waals surface area (Å²) in [5.74, 6) is 0.241. The number of ether oxygens (including phenoxy) is 1. The van der Waals surface area contributed by atoms with Crippen LogP contribution in [0.5, 0.6) is 5.75 Å². The Labute approximate surface area is 118 Å². The zero-order chi connectivity index (χ0) is 14.8. The van der Waals surface area contributed by atoms with Crippen molar-refractivity contribution in [3.8, 4) is 5.75 Å². The summed E-state index contributed by atoms with van der Waals surface area (Å²) in [4.78, 5) is 0. The summed E-state index contributed by atoms with van der Waals surface area (Å²) < 4.78 is 18.8. The lowest BCUT2D eigenvalue weighted by molar-refractivity contribution is 0.0732. The third kappa shape index (κ3) is 2.54. The molecular weight excluding hydrogens is 255 g/mol. The molecule has 0 spiro atoms. The molecule has 2 aromatic rings. The lowest BCUT2D eigenvalue weighted by atomic mass is 9.83. The molecule has 0 aliphatic carbocycles. The predicted molar refractivity (Wildman–Crippen MR) is 77.4 cm³/mol. The van der Waals surface area contributed by atoms with Crippen LogP contribution in [0.25, 0.3) is 0 Å². The summed E-state index contributed by atoms with van der Waals surface area (Å²) in [6, 6.07) is 11.7. The molecule has 0 aromatic heterocycles. The standard InChI is InChI=1S/C17H19FO2/c1-4-17(19,13-6-5-7-14(18)11-13)15-10-12(2)8-9-16(15)20-3/h5-11,19H,4H2,1-3H3. The first kappa shape index (κ1) is 14.5. The molecule has 2 aromatic carbocycles. The van der Waals surface area contributed by atoms with Gasteiger partial charge in [-0.2, -0.15) is 0 Å². The molecule has 20 heavy (non-hydrogen) atoms. The third-order valence-electron chi connectivity index (χ3n) is 3.61. The van der Waals surface area contributed by atoms with Gasteiger partial charge in [0.05, 0.1) is 7.11 Å². The summed E-state index contributed by atoms with van der Waals surface area (Å²) in [5.41, 5.74) is 0.945. The van der Waals surface area contributed by atoms with E-state index < -0.39 is 5.60 Å². The van der Waals surface area contributed by atoms with Crippen LogP contribution in [0.4, 0.5) is 4.39 Å². The van der Waals surface area contributed by atoms with Crippen LogP contribution in [0, 0.1) is 12.7 Å². The molecule has 0 heterocycles. The van der Waals surface area contributed by atoms with E-state index in [1.165, 1.54) is 12.1 Å². The molecule has 0 saturated carbocycles. The molecule has 0 bridgehead atoms. The Hall–Kier alpha value is -1.87. The van der Waals surface area contributed by atoms with Crippen molar-refractivity contribution in [3.63, 3.8) is 0 Å². The van der Waals surface area contributed by atoms with Crippen LogP contribution in [-0.4, -0.2) is 12.2 Å². The normalized spacial score (nSPS) is 13.8. The van der Waals surface area contributed by atoms with Crippen LogP contribution in [0.2, 0.25) is 0 Å². The van der Waals surface area contributed by atoms with Gasteiger partial charge in [-0.3, -0.25) is 0 Å². The fraction of sp³-hybridized carbons (Fsp3) is 0.294. The molecule has 0 amide bonds. The number of hydrogen-bond acceptors (Lipinski definition) is 2. The van der Waals surface area contributed by atoms with Crippen molar-refractivity contribution in [3.05, 3.63) is 65.0 Å². The molecule has 0 fully saturated rings. The molecule has 0 saturated heterocycles. The maximum Gasteiger partial charge on any atom is 0.125 e. The lowest BCUT2D eigenvalue weighted by Gasteiger charge is -2.30. The maximum absolute atomic E-state index is 13.5. The summed E-state index contributed by atoms with van der Waals surface area (Å²) >= 11 is 0. The molecule has 0 aliphatic heterocycles. The van der Waals surface area contributed by atoms with Gasteiger partial charge in [0.15, 0.2) is 0 Å². The van der Waals surface area contributed by atoms with E-state index in [9.17, 15) is 9.50 Å². The Morgan fingerprint density at radius 2 is 1.95 bits per heavy atom. The van der Waals surface area contributed by atoms with E-state index in [1.807, 2.05) is 32.0 Å². The quantitative estimate of drug-likeness (QED) is 0.919. The predicted octanol–water partition coefficient (Wildman–Crippen LogP) is 3.79. The van der Waals surface area contributed by atoms with Crippen molar-refractivity contribution in [1.29, 1.82) is 0 Å². The van der Waals surface area contributed by atoms with Gasteiger partial charge in [0, 0.05) is 5.56 Å². The number of methoxy groups -OCH3 is 1. The first-order chi connectivity index (χ1) is 9.51. The van der Waals surface area contributed by atoms with E-state index in [-0.39, 0.29) is 5.82 Å². The molecule has 2 rings (SSSR count). The molecule has 1 atom stereocenters. The van der Waals surface area contributed by atoms with E-state index in [4.69, 9.17) is 4.74 Å². The lowest BCUT2D eigenvalue weighted by Crippen LogP contribution is -2.27. The minimum atomic E-state index is -1.26. The number of benzene rings is 2. The zero-order valence-corrected chi connectivity index (χ0v) is 12.0. The number of aliphatic hydroxyl groups is 1. The van der Waals surface area contributed by atoms with Gasteiger partial charge in [0.2, 0.25) is 0 Å². The van der Waals surface area contributed by atoms with Crippen LogP contribution in [0.3, 0.4) is 0 Å². The van der Waals surface area contributed by atoms with Gasteiger partial charge < -0.3 is 9.84 Å². The molecule has 1 N–H and O–H groups in total. The van der Waals surface area contributed by atoms with Gasteiger partial charge in [-0.15, -0.1) is 0 Å².